The van der Waals surface area contributed by atoms with Crippen LogP contribution in [0.2, 0.25) is 0 Å². The second-order valence-electron chi connectivity index (χ2n) is 4.31. The number of carbonyl (C=O) groups is 4. The molecular weight excluding hydrogens is 268 g/mol. The van der Waals surface area contributed by atoms with Crippen LogP contribution in [0.4, 0.5) is 0 Å². The molecule has 0 saturated carbocycles. The van der Waals surface area contributed by atoms with Crippen LogP contribution in [-0.4, -0.2) is 40.5 Å². The van der Waals surface area contributed by atoms with Crippen LogP contribution in [0.15, 0.2) is 0 Å². The third-order valence-electron chi connectivity index (χ3n) is 1.40. The van der Waals surface area contributed by atoms with E-state index in [4.69, 9.17) is 19.7 Å². The van der Waals surface area contributed by atoms with Crippen molar-refractivity contribution in [2.24, 2.45) is 5.92 Å². The van der Waals surface area contributed by atoms with Crippen LogP contribution in [0.25, 0.3) is 0 Å². The van der Waals surface area contributed by atoms with Crippen molar-refractivity contribution in [1.82, 2.24) is 0 Å². The zero-order valence-corrected chi connectivity index (χ0v) is 12.6. The van der Waals surface area contributed by atoms with Crippen molar-refractivity contribution >= 4 is 23.7 Å². The molecule has 0 aliphatic rings. The normalized spacial score (nSPS) is 8.50. The van der Waals surface area contributed by atoms with Crippen molar-refractivity contribution in [3.63, 3.8) is 0 Å². The van der Waals surface area contributed by atoms with E-state index < -0.39 is 11.9 Å². The van der Waals surface area contributed by atoms with Crippen LogP contribution in [0.5, 0.6) is 0 Å². The Morgan fingerprint density at radius 3 is 1.55 bits per heavy atom. The van der Waals surface area contributed by atoms with Crippen LogP contribution in [0.1, 0.15) is 47.5 Å². The fourth-order valence-corrected chi connectivity index (χ4v) is 0.651. The van der Waals surface area contributed by atoms with Gasteiger partial charge in [0.15, 0.2) is 0 Å². The minimum absolute atomic E-state index is 0.185. The van der Waals surface area contributed by atoms with Gasteiger partial charge in [0.2, 0.25) is 0 Å². The van der Waals surface area contributed by atoms with Crippen LogP contribution < -0.4 is 0 Å². The van der Waals surface area contributed by atoms with Crippen molar-refractivity contribution in [2.75, 3.05) is 6.61 Å². The molecule has 7 heteroatoms. The lowest BCUT2D eigenvalue weighted by Gasteiger charge is -2.02. The summed E-state index contributed by atoms with van der Waals surface area (Å²) in [5.41, 5.74) is 0. The van der Waals surface area contributed by atoms with Gasteiger partial charge in [0.05, 0.1) is 6.61 Å². The maximum absolute atomic E-state index is 10.2. The van der Waals surface area contributed by atoms with Crippen molar-refractivity contribution in [1.29, 1.82) is 0 Å². The molecule has 0 heterocycles. The summed E-state index contributed by atoms with van der Waals surface area (Å²) in [7, 11) is 0. The molecule has 0 aliphatic carbocycles. The molecule has 2 N–H and O–H groups in total. The fraction of sp³-hybridized carbons (Fsp3) is 0.692. The zero-order valence-electron chi connectivity index (χ0n) is 12.6. The second kappa shape index (κ2) is 15.1. The summed E-state index contributed by atoms with van der Waals surface area (Å²) in [6.07, 6.45) is 0.597. The van der Waals surface area contributed by atoms with Crippen molar-refractivity contribution < 1.29 is 34.1 Å². The highest BCUT2D eigenvalue weighted by Gasteiger charge is 1.98. The standard InChI is InChI=1S/C7H14O2.C4H6O3.C2H4O2/c1-6(2)4-5-9-7(3)8;1-3(5)2-4(6)7;1-2(3)4/h6H,4-5H2,1-3H3;2H2,1H3,(H,6,7);1H3,(H,3,4). The van der Waals surface area contributed by atoms with Gasteiger partial charge in [-0.15, -0.1) is 0 Å². The Bertz CT molecular complexity index is 292. The Kier molecular flexibility index (Phi) is 17.6. The van der Waals surface area contributed by atoms with E-state index in [0.29, 0.717) is 12.5 Å². The summed E-state index contributed by atoms with van der Waals surface area (Å²) in [5.74, 6) is -1.78. The number of ketones is 1. The van der Waals surface area contributed by atoms with Gasteiger partial charge in [-0.25, -0.2) is 0 Å². The van der Waals surface area contributed by atoms with Gasteiger partial charge in [-0.05, 0) is 19.3 Å². The number of hydrogen-bond donors (Lipinski definition) is 2. The van der Waals surface area contributed by atoms with E-state index in [1.165, 1.54) is 13.8 Å². The minimum atomic E-state index is -1.06. The topological polar surface area (TPSA) is 118 Å². The Balaban J connectivity index is -0.000000234. The van der Waals surface area contributed by atoms with E-state index in [9.17, 15) is 14.4 Å². The van der Waals surface area contributed by atoms with Gasteiger partial charge in [-0.1, -0.05) is 13.8 Å². The third kappa shape index (κ3) is 56.0. The third-order valence-corrected chi connectivity index (χ3v) is 1.40. The van der Waals surface area contributed by atoms with Gasteiger partial charge in [0.25, 0.3) is 5.97 Å². The van der Waals surface area contributed by atoms with Gasteiger partial charge in [-0.3, -0.25) is 19.2 Å². The minimum Gasteiger partial charge on any atom is -0.481 e. The molecule has 118 valence electrons. The number of carbonyl (C=O) groups excluding carboxylic acids is 2. The summed E-state index contributed by atoms with van der Waals surface area (Å²) in [4.78, 5) is 38.7. The number of carboxylic acids is 2. The van der Waals surface area contributed by atoms with E-state index in [1.54, 1.807) is 0 Å². The van der Waals surface area contributed by atoms with Crippen molar-refractivity contribution in [3.05, 3.63) is 0 Å². The molecule has 0 aromatic rings. The second-order valence-corrected chi connectivity index (χ2v) is 4.31. The summed E-state index contributed by atoms with van der Waals surface area (Å²) >= 11 is 0. The lowest BCUT2D eigenvalue weighted by Crippen LogP contribution is -2.02. The number of aliphatic carboxylic acids is 2. The monoisotopic (exact) mass is 292 g/mol. The van der Waals surface area contributed by atoms with Gasteiger partial charge in [-0.2, -0.15) is 0 Å². The number of esters is 1. The largest absolute Gasteiger partial charge is 0.481 e. The average Bonchev–Trinajstić information content (AvgIpc) is 2.13. The number of Topliss-reactive ketones (excluding diaryl/α,β-unsaturated/α-hetero) is 1. The molecule has 0 aliphatic heterocycles. The first-order chi connectivity index (χ1) is 8.98. The van der Waals surface area contributed by atoms with Crippen LogP contribution >= 0.6 is 0 Å². The van der Waals surface area contributed by atoms with E-state index in [-0.39, 0.29) is 18.2 Å². The average molecular weight is 292 g/mol. The van der Waals surface area contributed by atoms with Crippen molar-refractivity contribution in [3.8, 4) is 0 Å². The van der Waals surface area contributed by atoms with Gasteiger partial charge in [0.1, 0.15) is 12.2 Å². The van der Waals surface area contributed by atoms with Gasteiger partial charge < -0.3 is 14.9 Å². The Morgan fingerprint density at radius 2 is 1.40 bits per heavy atom. The predicted octanol–water partition coefficient (Wildman–Crippen LogP) is 1.74. The first kappa shape index (κ1) is 23.2. The van der Waals surface area contributed by atoms with Crippen LogP contribution in [0.3, 0.4) is 0 Å². The Morgan fingerprint density at radius 1 is 1.00 bits per heavy atom. The smallest absolute Gasteiger partial charge is 0.310 e. The molecule has 0 fully saturated rings. The summed E-state index contributed by atoms with van der Waals surface area (Å²) in [6, 6.07) is 0. The first-order valence-electron chi connectivity index (χ1n) is 6.03. The summed E-state index contributed by atoms with van der Waals surface area (Å²) in [5, 5.41) is 15.3. The number of rotatable bonds is 5. The van der Waals surface area contributed by atoms with Gasteiger partial charge >= 0.3 is 11.9 Å². The number of hydrogen-bond acceptors (Lipinski definition) is 5. The van der Waals surface area contributed by atoms with Gasteiger partial charge in [0, 0.05) is 13.8 Å². The number of ether oxygens (including phenoxy) is 1. The van der Waals surface area contributed by atoms with E-state index >= 15 is 0 Å². The summed E-state index contributed by atoms with van der Waals surface area (Å²) < 4.78 is 4.71. The fourth-order valence-electron chi connectivity index (χ4n) is 0.651. The zero-order chi connectivity index (χ0) is 16.7. The number of carboxylic acid groups (broad SMARTS) is 2. The highest BCUT2D eigenvalue weighted by atomic mass is 16.5. The molecule has 7 nitrogen and oxygen atoms in total. The molecule has 0 bridgehead atoms. The van der Waals surface area contributed by atoms with Crippen LogP contribution in [-0.2, 0) is 23.9 Å². The molecule has 0 rings (SSSR count). The molecular formula is C13H24O7. The maximum Gasteiger partial charge on any atom is 0.310 e. The predicted molar refractivity (Wildman–Crippen MR) is 72.3 cm³/mol. The van der Waals surface area contributed by atoms with E-state index in [2.05, 4.69) is 13.8 Å². The summed E-state index contributed by atoms with van der Waals surface area (Å²) in [6.45, 7) is 8.52. The molecule has 20 heavy (non-hydrogen) atoms. The molecule has 0 atom stereocenters. The molecule has 0 amide bonds. The SMILES string of the molecule is CC(=O)CC(=O)O.CC(=O)O.CC(=O)OCCC(C)C. The molecule has 0 saturated heterocycles. The Hall–Kier alpha value is -1.92. The quantitative estimate of drug-likeness (QED) is 0.585. The highest BCUT2D eigenvalue weighted by molar-refractivity contribution is 5.93. The van der Waals surface area contributed by atoms with Crippen molar-refractivity contribution in [2.45, 2.75) is 47.5 Å². The first-order valence-corrected chi connectivity index (χ1v) is 6.03. The van der Waals surface area contributed by atoms with E-state index in [0.717, 1.165) is 13.3 Å². The maximum atomic E-state index is 10.2. The molecule has 0 aromatic carbocycles. The van der Waals surface area contributed by atoms with Crippen LogP contribution in [0, 0.1) is 5.92 Å². The lowest BCUT2D eigenvalue weighted by atomic mass is 10.1. The Labute approximate surface area is 118 Å². The molecule has 0 radical (unpaired) electrons. The molecule has 0 spiro atoms. The van der Waals surface area contributed by atoms with E-state index in [1.807, 2.05) is 0 Å². The molecule has 0 aromatic heterocycles. The molecule has 0 unspecified atom stereocenters. The lowest BCUT2D eigenvalue weighted by molar-refractivity contribution is -0.142. The highest BCUT2D eigenvalue weighted by Crippen LogP contribution is 1.98.